The predicted molar refractivity (Wildman–Crippen MR) is 83.1 cm³/mol. The normalized spacial score (nSPS) is 18.0. The van der Waals surface area contributed by atoms with E-state index in [9.17, 15) is 4.39 Å². The summed E-state index contributed by atoms with van der Waals surface area (Å²) in [5.74, 6) is 0.801. The number of halogens is 1. The van der Waals surface area contributed by atoms with Crippen molar-refractivity contribution in [2.24, 2.45) is 10.4 Å². The zero-order chi connectivity index (χ0) is 15.5. The first-order valence-electron chi connectivity index (χ1n) is 7.23. The van der Waals surface area contributed by atoms with Gasteiger partial charge in [-0.05, 0) is 29.5 Å². The van der Waals surface area contributed by atoms with Crippen LogP contribution in [-0.2, 0) is 6.54 Å². The number of aliphatic imine (C=N–C) groups is 1. The maximum Gasteiger partial charge on any atom is 0.193 e. The number of nitrogens with one attached hydrogen (secondary N) is 1. The third kappa shape index (κ3) is 3.86. The number of ether oxygens (including phenoxy) is 1. The van der Waals surface area contributed by atoms with Crippen LogP contribution in [0.4, 0.5) is 4.39 Å². The average Bonchev–Trinajstić information content (AvgIpc) is 2.80. The van der Waals surface area contributed by atoms with Gasteiger partial charge in [0.25, 0.3) is 0 Å². The molecule has 1 aliphatic heterocycles. The quantitative estimate of drug-likeness (QED) is 0.687. The molecule has 0 aromatic heterocycles. The molecule has 5 heteroatoms. The summed E-state index contributed by atoms with van der Waals surface area (Å²) >= 11 is 0. The third-order valence-corrected chi connectivity index (χ3v) is 3.86. The molecular weight excluding hydrogens is 269 g/mol. The molecule has 2 rings (SSSR count). The van der Waals surface area contributed by atoms with Gasteiger partial charge in [0.15, 0.2) is 17.5 Å². The standard InChI is InChI=1S/C16H24FN3O/c1-16(2)7-8-20(11-16)15(18-3)19-10-12-5-6-14(21-4)13(17)9-12/h5-6,9H,7-8,10-11H2,1-4H3,(H,18,19). The molecule has 0 atom stereocenters. The van der Waals surface area contributed by atoms with Crippen molar-refractivity contribution in [1.29, 1.82) is 0 Å². The first-order valence-corrected chi connectivity index (χ1v) is 7.23. The Morgan fingerprint density at radius 3 is 2.76 bits per heavy atom. The lowest BCUT2D eigenvalue weighted by Crippen LogP contribution is -2.40. The lowest BCUT2D eigenvalue weighted by molar-refractivity contribution is 0.370. The van der Waals surface area contributed by atoms with E-state index >= 15 is 0 Å². The summed E-state index contributed by atoms with van der Waals surface area (Å²) in [5.41, 5.74) is 1.19. The monoisotopic (exact) mass is 293 g/mol. The highest BCUT2D eigenvalue weighted by atomic mass is 19.1. The van der Waals surface area contributed by atoms with Crippen LogP contribution in [0.2, 0.25) is 0 Å². The Kier molecular flexibility index (Phi) is 4.70. The van der Waals surface area contributed by atoms with Crippen LogP contribution < -0.4 is 10.1 Å². The third-order valence-electron chi connectivity index (χ3n) is 3.86. The molecule has 1 aromatic rings. The van der Waals surface area contributed by atoms with E-state index in [0.29, 0.717) is 12.0 Å². The highest BCUT2D eigenvalue weighted by Crippen LogP contribution is 2.28. The molecule has 1 fully saturated rings. The fraction of sp³-hybridized carbons (Fsp3) is 0.562. The molecule has 0 unspecified atom stereocenters. The van der Waals surface area contributed by atoms with Crippen LogP contribution >= 0.6 is 0 Å². The van der Waals surface area contributed by atoms with Crippen molar-refractivity contribution >= 4 is 5.96 Å². The van der Waals surface area contributed by atoms with E-state index in [4.69, 9.17) is 4.74 Å². The maximum atomic E-state index is 13.7. The van der Waals surface area contributed by atoms with Crippen LogP contribution in [0.25, 0.3) is 0 Å². The van der Waals surface area contributed by atoms with Gasteiger partial charge in [-0.25, -0.2) is 4.39 Å². The lowest BCUT2D eigenvalue weighted by atomic mass is 9.93. The number of methoxy groups -OCH3 is 1. The van der Waals surface area contributed by atoms with Gasteiger partial charge < -0.3 is 15.0 Å². The zero-order valence-electron chi connectivity index (χ0n) is 13.2. The summed E-state index contributed by atoms with van der Waals surface area (Å²) < 4.78 is 18.6. The number of benzene rings is 1. The first-order chi connectivity index (χ1) is 9.95. The Hall–Kier alpha value is -1.78. The molecule has 0 saturated carbocycles. The Morgan fingerprint density at radius 1 is 1.48 bits per heavy atom. The smallest absolute Gasteiger partial charge is 0.193 e. The molecule has 1 aliphatic rings. The molecule has 0 aliphatic carbocycles. The largest absolute Gasteiger partial charge is 0.494 e. The van der Waals surface area contributed by atoms with Gasteiger partial charge in [-0.3, -0.25) is 4.99 Å². The number of rotatable bonds is 3. The van der Waals surface area contributed by atoms with Crippen molar-refractivity contribution in [2.45, 2.75) is 26.8 Å². The van der Waals surface area contributed by atoms with Gasteiger partial charge in [0.1, 0.15) is 0 Å². The SMILES string of the molecule is CN=C(NCc1ccc(OC)c(F)c1)N1CCC(C)(C)C1. The average molecular weight is 293 g/mol. The van der Waals surface area contributed by atoms with Crippen molar-refractivity contribution in [2.75, 3.05) is 27.2 Å². The van der Waals surface area contributed by atoms with Crippen LogP contribution in [0, 0.1) is 11.2 Å². The molecule has 4 nitrogen and oxygen atoms in total. The molecule has 0 spiro atoms. The van der Waals surface area contributed by atoms with E-state index in [1.807, 2.05) is 6.07 Å². The first kappa shape index (κ1) is 15.6. The molecule has 116 valence electrons. The number of likely N-dealkylation sites (tertiary alicyclic amines) is 1. The van der Waals surface area contributed by atoms with Gasteiger partial charge in [0, 0.05) is 26.7 Å². The van der Waals surface area contributed by atoms with Crippen molar-refractivity contribution in [3.63, 3.8) is 0 Å². The fourth-order valence-electron chi connectivity index (χ4n) is 2.63. The van der Waals surface area contributed by atoms with Gasteiger partial charge in [0.2, 0.25) is 0 Å². The minimum atomic E-state index is -0.339. The number of guanidine groups is 1. The minimum absolute atomic E-state index is 0.268. The van der Waals surface area contributed by atoms with Crippen LogP contribution in [0.3, 0.4) is 0 Å². The molecule has 21 heavy (non-hydrogen) atoms. The van der Waals surface area contributed by atoms with Crippen molar-refractivity contribution < 1.29 is 9.13 Å². The molecule has 0 amide bonds. The second-order valence-electron chi connectivity index (χ2n) is 6.21. The van der Waals surface area contributed by atoms with Gasteiger partial charge in [0.05, 0.1) is 7.11 Å². The molecule has 1 aromatic carbocycles. The summed E-state index contributed by atoms with van der Waals surface area (Å²) in [5, 5.41) is 3.30. The van der Waals surface area contributed by atoms with Gasteiger partial charge >= 0.3 is 0 Å². The predicted octanol–water partition coefficient (Wildman–Crippen LogP) is 2.64. The maximum absolute atomic E-state index is 13.7. The van der Waals surface area contributed by atoms with Crippen molar-refractivity contribution in [1.82, 2.24) is 10.2 Å². The summed E-state index contributed by atoms with van der Waals surface area (Å²) in [6.45, 7) is 7.07. The number of hydrogen-bond donors (Lipinski definition) is 1. The Balaban J connectivity index is 1.96. The minimum Gasteiger partial charge on any atom is -0.494 e. The summed E-state index contributed by atoms with van der Waals surface area (Å²) in [6, 6.07) is 5.00. The Bertz CT molecular complexity index is 528. The highest BCUT2D eigenvalue weighted by molar-refractivity contribution is 5.80. The Labute approximate surface area is 126 Å². The molecule has 1 saturated heterocycles. The summed E-state index contributed by atoms with van der Waals surface area (Å²) in [7, 11) is 3.25. The van der Waals surface area contributed by atoms with E-state index in [2.05, 4.69) is 29.1 Å². The van der Waals surface area contributed by atoms with Gasteiger partial charge in [-0.1, -0.05) is 19.9 Å². The molecule has 0 radical (unpaired) electrons. The molecule has 1 N–H and O–H groups in total. The second kappa shape index (κ2) is 6.33. The second-order valence-corrected chi connectivity index (χ2v) is 6.21. The summed E-state index contributed by atoms with van der Waals surface area (Å²) in [4.78, 5) is 6.57. The lowest BCUT2D eigenvalue weighted by Gasteiger charge is -2.23. The van der Waals surface area contributed by atoms with E-state index in [1.54, 1.807) is 13.1 Å². The number of hydrogen-bond acceptors (Lipinski definition) is 2. The fourth-order valence-corrected chi connectivity index (χ4v) is 2.63. The van der Waals surface area contributed by atoms with Crippen LogP contribution in [0.15, 0.2) is 23.2 Å². The topological polar surface area (TPSA) is 36.9 Å². The van der Waals surface area contributed by atoms with Gasteiger partial charge in [-0.2, -0.15) is 0 Å². The van der Waals surface area contributed by atoms with Gasteiger partial charge in [-0.15, -0.1) is 0 Å². The van der Waals surface area contributed by atoms with E-state index in [1.165, 1.54) is 13.2 Å². The van der Waals surface area contributed by atoms with E-state index < -0.39 is 0 Å². The van der Waals surface area contributed by atoms with Crippen LogP contribution in [-0.4, -0.2) is 38.1 Å². The van der Waals surface area contributed by atoms with E-state index in [-0.39, 0.29) is 11.6 Å². The summed E-state index contributed by atoms with van der Waals surface area (Å²) in [6.07, 6.45) is 1.16. The zero-order valence-corrected chi connectivity index (χ0v) is 13.2. The van der Waals surface area contributed by atoms with E-state index in [0.717, 1.165) is 31.0 Å². The molecule has 0 bridgehead atoms. The van der Waals surface area contributed by atoms with Crippen molar-refractivity contribution in [3.05, 3.63) is 29.6 Å². The molecule has 1 heterocycles. The van der Waals surface area contributed by atoms with Crippen LogP contribution in [0.5, 0.6) is 5.75 Å². The number of nitrogens with zero attached hydrogens (tertiary/aromatic N) is 2. The van der Waals surface area contributed by atoms with Crippen molar-refractivity contribution in [3.8, 4) is 5.75 Å². The highest BCUT2D eigenvalue weighted by Gasteiger charge is 2.30. The molecular formula is C16H24FN3O. The van der Waals surface area contributed by atoms with Crippen LogP contribution in [0.1, 0.15) is 25.8 Å². The Morgan fingerprint density at radius 2 is 2.24 bits per heavy atom.